The highest BCUT2D eigenvalue weighted by Crippen LogP contribution is 2.27. The molecule has 1 amide bonds. The molecule has 0 radical (unpaired) electrons. The van der Waals surface area contributed by atoms with Gasteiger partial charge in [-0.25, -0.2) is 0 Å². The molecule has 0 heterocycles. The van der Waals surface area contributed by atoms with Gasteiger partial charge in [0.1, 0.15) is 0 Å². The van der Waals surface area contributed by atoms with E-state index in [4.69, 9.17) is 11.6 Å². The molecule has 1 saturated carbocycles. The van der Waals surface area contributed by atoms with Gasteiger partial charge in [0.2, 0.25) is 0 Å². The third-order valence-corrected chi connectivity index (χ3v) is 3.84. The van der Waals surface area contributed by atoms with Crippen LogP contribution >= 0.6 is 11.6 Å². The minimum Gasteiger partial charge on any atom is -0.384 e. The zero-order valence-electron chi connectivity index (χ0n) is 10.6. The average Bonchev–Trinajstić information content (AvgIpc) is 2.90. The van der Waals surface area contributed by atoms with Crippen molar-refractivity contribution in [3.05, 3.63) is 28.8 Å². The summed E-state index contributed by atoms with van der Waals surface area (Å²) < 4.78 is 0. The molecule has 1 aromatic rings. The standard InChI is InChI=1S/C14H19ClN2O/c1-16-14(18)11-6-7-12(15)13(8-11)17-9-10-4-2-3-5-10/h6-8,10,17H,2-5,9H2,1H3,(H,16,18). The number of rotatable bonds is 4. The number of anilines is 1. The number of hydrogen-bond donors (Lipinski definition) is 2. The molecule has 3 nitrogen and oxygen atoms in total. The molecule has 0 aromatic heterocycles. The van der Waals surface area contributed by atoms with Crippen LogP contribution in [0.4, 0.5) is 5.69 Å². The van der Waals surface area contributed by atoms with Crippen molar-refractivity contribution in [1.29, 1.82) is 0 Å². The first-order chi connectivity index (χ1) is 8.70. The van der Waals surface area contributed by atoms with Crippen LogP contribution in [0.5, 0.6) is 0 Å². The Bertz CT molecular complexity index is 428. The van der Waals surface area contributed by atoms with Crippen LogP contribution in [0, 0.1) is 5.92 Å². The van der Waals surface area contributed by atoms with Crippen LogP contribution in [0.25, 0.3) is 0 Å². The number of carbonyl (C=O) groups excluding carboxylic acids is 1. The van der Waals surface area contributed by atoms with Gasteiger partial charge < -0.3 is 10.6 Å². The SMILES string of the molecule is CNC(=O)c1ccc(Cl)c(NCC2CCCC2)c1. The normalized spacial score (nSPS) is 15.7. The lowest BCUT2D eigenvalue weighted by Gasteiger charge is -2.13. The molecule has 0 aliphatic heterocycles. The molecule has 1 aliphatic carbocycles. The number of amides is 1. The Labute approximate surface area is 113 Å². The highest BCUT2D eigenvalue weighted by Gasteiger charge is 2.15. The zero-order valence-corrected chi connectivity index (χ0v) is 11.4. The van der Waals surface area contributed by atoms with Crippen molar-refractivity contribution in [1.82, 2.24) is 5.32 Å². The lowest BCUT2D eigenvalue weighted by Crippen LogP contribution is -2.18. The van der Waals surface area contributed by atoms with Gasteiger partial charge in [-0.05, 0) is 37.0 Å². The molecule has 18 heavy (non-hydrogen) atoms. The largest absolute Gasteiger partial charge is 0.384 e. The predicted molar refractivity (Wildman–Crippen MR) is 75.3 cm³/mol. The van der Waals surface area contributed by atoms with E-state index in [2.05, 4.69) is 10.6 Å². The molecule has 0 unspecified atom stereocenters. The third-order valence-electron chi connectivity index (χ3n) is 3.51. The summed E-state index contributed by atoms with van der Waals surface area (Å²) in [5.74, 6) is 0.653. The Morgan fingerprint density at radius 1 is 1.39 bits per heavy atom. The van der Waals surface area contributed by atoms with Crippen molar-refractivity contribution >= 4 is 23.2 Å². The summed E-state index contributed by atoms with van der Waals surface area (Å²) in [5, 5.41) is 6.64. The molecular weight excluding hydrogens is 248 g/mol. The fraction of sp³-hybridized carbons (Fsp3) is 0.500. The number of hydrogen-bond acceptors (Lipinski definition) is 2. The summed E-state index contributed by atoms with van der Waals surface area (Å²) in [6.45, 7) is 0.941. The number of nitrogens with one attached hydrogen (secondary N) is 2. The van der Waals surface area contributed by atoms with Gasteiger partial charge in [0.05, 0.1) is 10.7 Å². The second kappa shape index (κ2) is 6.10. The summed E-state index contributed by atoms with van der Waals surface area (Å²) in [5.41, 5.74) is 1.49. The molecule has 0 saturated heterocycles. The van der Waals surface area contributed by atoms with Crippen molar-refractivity contribution in [2.45, 2.75) is 25.7 Å². The van der Waals surface area contributed by atoms with Crippen molar-refractivity contribution in [3.63, 3.8) is 0 Å². The van der Waals surface area contributed by atoms with Crippen LogP contribution in [0.1, 0.15) is 36.0 Å². The predicted octanol–water partition coefficient (Wildman–Crippen LogP) is 3.30. The minimum atomic E-state index is -0.0874. The Kier molecular flexibility index (Phi) is 4.48. The molecule has 1 fully saturated rings. The molecular formula is C14H19ClN2O. The molecule has 0 bridgehead atoms. The second-order valence-electron chi connectivity index (χ2n) is 4.81. The maximum atomic E-state index is 11.6. The van der Waals surface area contributed by atoms with E-state index in [0.29, 0.717) is 10.6 Å². The van der Waals surface area contributed by atoms with Crippen LogP contribution in [-0.4, -0.2) is 19.5 Å². The lowest BCUT2D eigenvalue weighted by molar-refractivity contribution is 0.0963. The maximum absolute atomic E-state index is 11.6. The smallest absolute Gasteiger partial charge is 0.251 e. The van der Waals surface area contributed by atoms with E-state index >= 15 is 0 Å². The second-order valence-corrected chi connectivity index (χ2v) is 5.21. The van der Waals surface area contributed by atoms with Crippen LogP contribution in [0.2, 0.25) is 5.02 Å². The van der Waals surface area contributed by atoms with Crippen LogP contribution in [0.3, 0.4) is 0 Å². The van der Waals surface area contributed by atoms with Crippen molar-refractivity contribution in [2.75, 3.05) is 18.9 Å². The van der Waals surface area contributed by atoms with Crippen molar-refractivity contribution in [2.24, 2.45) is 5.92 Å². The first-order valence-electron chi connectivity index (χ1n) is 6.46. The van der Waals surface area contributed by atoms with Gasteiger partial charge in [-0.1, -0.05) is 24.4 Å². The topological polar surface area (TPSA) is 41.1 Å². The molecule has 1 aromatic carbocycles. The Morgan fingerprint density at radius 3 is 2.78 bits per heavy atom. The van der Waals surface area contributed by atoms with E-state index in [0.717, 1.165) is 18.2 Å². The van der Waals surface area contributed by atoms with Gasteiger partial charge in [0.25, 0.3) is 5.91 Å². The Hall–Kier alpha value is -1.22. The van der Waals surface area contributed by atoms with E-state index < -0.39 is 0 Å². The van der Waals surface area contributed by atoms with Gasteiger partial charge in [-0.3, -0.25) is 4.79 Å². The summed E-state index contributed by atoms with van der Waals surface area (Å²) in [6, 6.07) is 5.32. The van der Waals surface area contributed by atoms with E-state index in [-0.39, 0.29) is 5.91 Å². The summed E-state index contributed by atoms with van der Waals surface area (Å²) in [4.78, 5) is 11.6. The van der Waals surface area contributed by atoms with Gasteiger partial charge >= 0.3 is 0 Å². The van der Waals surface area contributed by atoms with Gasteiger partial charge in [0.15, 0.2) is 0 Å². The van der Waals surface area contributed by atoms with E-state index in [1.165, 1.54) is 25.7 Å². The van der Waals surface area contributed by atoms with E-state index in [1.54, 1.807) is 19.2 Å². The lowest BCUT2D eigenvalue weighted by atomic mass is 10.1. The van der Waals surface area contributed by atoms with Crippen LogP contribution in [-0.2, 0) is 0 Å². The molecule has 1 aliphatic rings. The molecule has 98 valence electrons. The molecule has 2 rings (SSSR count). The fourth-order valence-electron chi connectivity index (χ4n) is 2.42. The maximum Gasteiger partial charge on any atom is 0.251 e. The molecule has 0 atom stereocenters. The van der Waals surface area contributed by atoms with E-state index in [1.807, 2.05) is 6.07 Å². The summed E-state index contributed by atoms with van der Waals surface area (Å²) >= 11 is 6.14. The molecule has 4 heteroatoms. The van der Waals surface area contributed by atoms with Gasteiger partial charge in [-0.2, -0.15) is 0 Å². The van der Waals surface area contributed by atoms with Crippen molar-refractivity contribution in [3.8, 4) is 0 Å². The molecule has 2 N–H and O–H groups in total. The quantitative estimate of drug-likeness (QED) is 0.878. The summed E-state index contributed by atoms with van der Waals surface area (Å²) in [6.07, 6.45) is 5.25. The minimum absolute atomic E-state index is 0.0874. The summed E-state index contributed by atoms with van der Waals surface area (Å²) in [7, 11) is 1.63. The highest BCUT2D eigenvalue weighted by molar-refractivity contribution is 6.33. The number of halogens is 1. The fourth-order valence-corrected chi connectivity index (χ4v) is 2.60. The van der Waals surface area contributed by atoms with Gasteiger partial charge in [0, 0.05) is 19.2 Å². The van der Waals surface area contributed by atoms with Crippen LogP contribution in [0.15, 0.2) is 18.2 Å². The number of carbonyl (C=O) groups is 1. The highest BCUT2D eigenvalue weighted by atomic mass is 35.5. The Balaban J connectivity index is 2.03. The van der Waals surface area contributed by atoms with Gasteiger partial charge in [-0.15, -0.1) is 0 Å². The average molecular weight is 267 g/mol. The van der Waals surface area contributed by atoms with E-state index in [9.17, 15) is 4.79 Å². The monoisotopic (exact) mass is 266 g/mol. The zero-order chi connectivity index (χ0) is 13.0. The Morgan fingerprint density at radius 2 is 2.11 bits per heavy atom. The molecule has 0 spiro atoms. The van der Waals surface area contributed by atoms with Crippen molar-refractivity contribution < 1.29 is 4.79 Å². The third kappa shape index (κ3) is 3.16. The first-order valence-corrected chi connectivity index (χ1v) is 6.84. The number of benzene rings is 1. The van der Waals surface area contributed by atoms with Crippen LogP contribution < -0.4 is 10.6 Å². The first kappa shape index (κ1) is 13.2.